The first-order chi connectivity index (χ1) is 10.3. The summed E-state index contributed by atoms with van der Waals surface area (Å²) in [5, 5.41) is 6.42. The lowest BCUT2D eigenvalue weighted by Crippen LogP contribution is -2.29. The lowest BCUT2D eigenvalue weighted by atomic mass is 10.1. The molecule has 0 aliphatic carbocycles. The third kappa shape index (κ3) is 5.52. The van der Waals surface area contributed by atoms with Crippen molar-refractivity contribution in [2.45, 2.75) is 19.3 Å². The van der Waals surface area contributed by atoms with Crippen LogP contribution >= 0.6 is 12.2 Å². The van der Waals surface area contributed by atoms with E-state index >= 15 is 0 Å². The number of rotatable bonds is 6. The molecular formula is C17H19FN2S. The van der Waals surface area contributed by atoms with Crippen molar-refractivity contribution < 1.29 is 4.39 Å². The molecule has 2 rings (SSSR count). The monoisotopic (exact) mass is 302 g/mol. The molecule has 2 nitrogen and oxygen atoms in total. The summed E-state index contributed by atoms with van der Waals surface area (Å²) in [5.74, 6) is -0.300. The summed E-state index contributed by atoms with van der Waals surface area (Å²) >= 11 is 5.15. The number of hydrogen-bond acceptors (Lipinski definition) is 1. The summed E-state index contributed by atoms with van der Waals surface area (Å²) in [7, 11) is 0. The molecule has 21 heavy (non-hydrogen) atoms. The summed E-state index contributed by atoms with van der Waals surface area (Å²) in [6, 6.07) is 16.9. The van der Waals surface area contributed by atoms with Gasteiger partial charge in [-0.25, -0.2) is 4.39 Å². The molecule has 110 valence electrons. The van der Waals surface area contributed by atoms with Crippen LogP contribution in [0, 0.1) is 5.82 Å². The predicted octanol–water partition coefficient (Wildman–Crippen LogP) is 4.14. The summed E-state index contributed by atoms with van der Waals surface area (Å²) in [4.78, 5) is 0. The van der Waals surface area contributed by atoms with Crippen LogP contribution in [0.2, 0.25) is 0 Å². The highest BCUT2D eigenvalue weighted by molar-refractivity contribution is 7.80. The third-order valence-electron chi connectivity index (χ3n) is 3.14. The summed E-state index contributed by atoms with van der Waals surface area (Å²) in [6.07, 6.45) is 3.18. The first kappa shape index (κ1) is 15.4. The molecule has 0 unspecified atom stereocenters. The van der Waals surface area contributed by atoms with Crippen molar-refractivity contribution in [3.63, 3.8) is 0 Å². The van der Waals surface area contributed by atoms with Gasteiger partial charge in [0, 0.05) is 6.54 Å². The Bertz CT molecular complexity index is 572. The van der Waals surface area contributed by atoms with Crippen LogP contribution in [0.3, 0.4) is 0 Å². The molecule has 0 bridgehead atoms. The van der Waals surface area contributed by atoms with Crippen molar-refractivity contribution in [2.24, 2.45) is 0 Å². The number of halogens is 1. The Labute approximate surface area is 130 Å². The Hall–Kier alpha value is -1.94. The molecule has 0 radical (unpaired) electrons. The van der Waals surface area contributed by atoms with Gasteiger partial charge in [-0.2, -0.15) is 0 Å². The van der Waals surface area contributed by atoms with Crippen molar-refractivity contribution in [3.05, 3.63) is 66.0 Å². The molecule has 2 N–H and O–H groups in total. The number of nitrogens with one attached hydrogen (secondary N) is 2. The van der Waals surface area contributed by atoms with Crippen LogP contribution < -0.4 is 10.6 Å². The Morgan fingerprint density at radius 2 is 1.67 bits per heavy atom. The van der Waals surface area contributed by atoms with Crippen LogP contribution in [0.5, 0.6) is 0 Å². The van der Waals surface area contributed by atoms with E-state index in [0.717, 1.165) is 25.8 Å². The van der Waals surface area contributed by atoms with Gasteiger partial charge in [-0.1, -0.05) is 42.5 Å². The SMILES string of the molecule is Fc1ccccc1NC(=S)NCCCCc1ccccc1. The second-order valence-electron chi connectivity index (χ2n) is 4.80. The van der Waals surface area contributed by atoms with Gasteiger partial charge in [0.05, 0.1) is 5.69 Å². The molecule has 0 aromatic heterocycles. The number of benzene rings is 2. The molecule has 0 aliphatic heterocycles. The van der Waals surface area contributed by atoms with Gasteiger partial charge in [0.15, 0.2) is 5.11 Å². The molecule has 0 atom stereocenters. The summed E-state index contributed by atoms with van der Waals surface area (Å²) in [5.41, 5.74) is 1.75. The number of anilines is 1. The average molecular weight is 302 g/mol. The highest BCUT2D eigenvalue weighted by atomic mass is 32.1. The second kappa shape index (κ2) is 8.37. The number of aryl methyl sites for hydroxylation is 1. The van der Waals surface area contributed by atoms with E-state index in [4.69, 9.17) is 12.2 Å². The highest BCUT2D eigenvalue weighted by Gasteiger charge is 2.02. The Morgan fingerprint density at radius 3 is 2.43 bits per heavy atom. The van der Waals surface area contributed by atoms with Gasteiger partial charge in [-0.05, 0) is 49.2 Å². The number of unbranched alkanes of at least 4 members (excludes halogenated alkanes) is 1. The first-order valence-corrected chi connectivity index (χ1v) is 7.50. The molecule has 0 aliphatic rings. The average Bonchev–Trinajstić information content (AvgIpc) is 2.50. The molecule has 4 heteroatoms. The normalized spacial score (nSPS) is 10.1. The minimum absolute atomic E-state index is 0.300. The Kier molecular flexibility index (Phi) is 6.16. The zero-order chi connectivity index (χ0) is 14.9. The van der Waals surface area contributed by atoms with Crippen molar-refractivity contribution in [1.82, 2.24) is 5.32 Å². The molecule has 0 saturated heterocycles. The topological polar surface area (TPSA) is 24.1 Å². The van der Waals surface area contributed by atoms with Crippen LogP contribution in [-0.2, 0) is 6.42 Å². The lowest BCUT2D eigenvalue weighted by Gasteiger charge is -2.11. The van der Waals surface area contributed by atoms with E-state index in [0.29, 0.717) is 10.8 Å². The van der Waals surface area contributed by atoms with Crippen molar-refractivity contribution in [2.75, 3.05) is 11.9 Å². The van der Waals surface area contributed by atoms with Gasteiger partial charge >= 0.3 is 0 Å². The minimum atomic E-state index is -0.300. The highest BCUT2D eigenvalue weighted by Crippen LogP contribution is 2.11. The summed E-state index contributed by atoms with van der Waals surface area (Å²) in [6.45, 7) is 0.785. The molecule has 0 saturated carbocycles. The van der Waals surface area contributed by atoms with E-state index in [2.05, 4.69) is 34.9 Å². The van der Waals surface area contributed by atoms with E-state index in [-0.39, 0.29) is 5.82 Å². The van der Waals surface area contributed by atoms with E-state index < -0.39 is 0 Å². The standard InChI is InChI=1S/C17H19FN2S/c18-15-11-4-5-12-16(15)20-17(21)19-13-7-6-10-14-8-2-1-3-9-14/h1-5,8-9,11-12H,6-7,10,13H2,(H2,19,20,21). The number of thiocarbonyl (C=S) groups is 1. The van der Waals surface area contributed by atoms with E-state index in [9.17, 15) is 4.39 Å². The fourth-order valence-corrected chi connectivity index (χ4v) is 2.24. The van der Waals surface area contributed by atoms with Crippen LogP contribution in [0.1, 0.15) is 18.4 Å². The molecule has 2 aromatic rings. The van der Waals surface area contributed by atoms with Gasteiger partial charge in [0.25, 0.3) is 0 Å². The van der Waals surface area contributed by atoms with Crippen LogP contribution in [0.15, 0.2) is 54.6 Å². The molecule has 0 heterocycles. The molecular weight excluding hydrogens is 283 g/mol. The first-order valence-electron chi connectivity index (χ1n) is 7.09. The predicted molar refractivity (Wildman–Crippen MR) is 90.0 cm³/mol. The largest absolute Gasteiger partial charge is 0.362 e. The molecule has 0 amide bonds. The number of para-hydroxylation sites is 1. The maximum Gasteiger partial charge on any atom is 0.170 e. The zero-order valence-electron chi connectivity index (χ0n) is 11.8. The van der Waals surface area contributed by atoms with Crippen LogP contribution in [0.4, 0.5) is 10.1 Å². The van der Waals surface area contributed by atoms with Gasteiger partial charge in [0.2, 0.25) is 0 Å². The Balaban J connectivity index is 1.63. The summed E-state index contributed by atoms with van der Waals surface area (Å²) < 4.78 is 13.4. The maximum absolute atomic E-state index is 13.4. The van der Waals surface area contributed by atoms with Crippen molar-refractivity contribution >= 4 is 23.0 Å². The van der Waals surface area contributed by atoms with Crippen LogP contribution in [-0.4, -0.2) is 11.7 Å². The quantitative estimate of drug-likeness (QED) is 0.619. The smallest absolute Gasteiger partial charge is 0.170 e. The van der Waals surface area contributed by atoms with E-state index in [1.165, 1.54) is 11.6 Å². The lowest BCUT2D eigenvalue weighted by molar-refractivity contribution is 0.632. The molecule has 2 aromatic carbocycles. The molecule has 0 spiro atoms. The van der Waals surface area contributed by atoms with Gasteiger partial charge in [-0.3, -0.25) is 0 Å². The Morgan fingerprint density at radius 1 is 0.952 bits per heavy atom. The fourth-order valence-electron chi connectivity index (χ4n) is 2.03. The van der Waals surface area contributed by atoms with Gasteiger partial charge in [-0.15, -0.1) is 0 Å². The molecule has 0 fully saturated rings. The maximum atomic E-state index is 13.4. The minimum Gasteiger partial charge on any atom is -0.362 e. The second-order valence-corrected chi connectivity index (χ2v) is 5.21. The van der Waals surface area contributed by atoms with Gasteiger partial charge in [0.1, 0.15) is 5.82 Å². The van der Waals surface area contributed by atoms with Crippen molar-refractivity contribution in [1.29, 1.82) is 0 Å². The van der Waals surface area contributed by atoms with Crippen LogP contribution in [0.25, 0.3) is 0 Å². The number of hydrogen-bond donors (Lipinski definition) is 2. The fraction of sp³-hybridized carbons (Fsp3) is 0.235. The zero-order valence-corrected chi connectivity index (χ0v) is 12.6. The van der Waals surface area contributed by atoms with Gasteiger partial charge < -0.3 is 10.6 Å². The van der Waals surface area contributed by atoms with E-state index in [1.807, 2.05) is 6.07 Å². The van der Waals surface area contributed by atoms with Crippen molar-refractivity contribution in [3.8, 4) is 0 Å². The van der Waals surface area contributed by atoms with E-state index in [1.54, 1.807) is 18.2 Å². The third-order valence-corrected chi connectivity index (χ3v) is 3.39.